The maximum Gasteiger partial charge on any atom is 0.227 e. The van der Waals surface area contributed by atoms with E-state index >= 15 is 0 Å². The molecule has 1 aromatic heterocycles. The zero-order chi connectivity index (χ0) is 14.5. The molecule has 0 bridgehead atoms. The maximum absolute atomic E-state index is 5.73. The molecular weight excluding hydrogens is 268 g/mol. The molecule has 0 unspecified atom stereocenters. The normalized spacial score (nSPS) is 18.2. The lowest BCUT2D eigenvalue weighted by molar-refractivity contribution is 0.0277. The van der Waals surface area contributed by atoms with Gasteiger partial charge in [-0.1, -0.05) is 12.1 Å². The number of nitrogens with zero attached hydrogens (tertiary/aromatic N) is 2. The largest absolute Gasteiger partial charge is 0.494 e. The van der Waals surface area contributed by atoms with Crippen molar-refractivity contribution in [2.24, 2.45) is 0 Å². The van der Waals surface area contributed by atoms with Gasteiger partial charge in [0, 0.05) is 18.8 Å². The molecule has 0 radical (unpaired) electrons. The van der Waals surface area contributed by atoms with Gasteiger partial charge >= 0.3 is 0 Å². The Hall–Kier alpha value is -2.18. The number of methoxy groups -OCH3 is 1. The van der Waals surface area contributed by atoms with Crippen LogP contribution in [-0.4, -0.2) is 36.8 Å². The van der Waals surface area contributed by atoms with Crippen LogP contribution in [-0.2, 0) is 4.74 Å². The van der Waals surface area contributed by atoms with Gasteiger partial charge in [0.1, 0.15) is 0 Å². The lowest BCUT2D eigenvalue weighted by atomic mass is 10.1. The number of aromatic nitrogens is 2. The van der Waals surface area contributed by atoms with Crippen molar-refractivity contribution >= 4 is 11.6 Å². The summed E-state index contributed by atoms with van der Waals surface area (Å²) in [6.45, 7) is 2.53. The number of hydrogen-bond donors (Lipinski definition) is 2. The average Bonchev–Trinajstić information content (AvgIpc) is 2.57. The van der Waals surface area contributed by atoms with Gasteiger partial charge in [0.05, 0.1) is 32.2 Å². The molecule has 2 heterocycles. The van der Waals surface area contributed by atoms with Crippen molar-refractivity contribution in [1.82, 2.24) is 15.3 Å². The Morgan fingerprint density at radius 1 is 1.24 bits per heavy atom. The number of nitrogens with one attached hydrogen (secondary N) is 2. The van der Waals surface area contributed by atoms with Crippen LogP contribution in [0.15, 0.2) is 36.7 Å². The standard InChI is InChI=1S/C15H18N4O2/c1-20-13-8-17-15(18-9-13)19-12-4-2-11(3-5-12)14-10-16-6-7-21-14/h2-5,8-9,14,16H,6-7,10H2,1H3,(H,17,18,19)/t14-/m1/s1. The number of benzene rings is 1. The lowest BCUT2D eigenvalue weighted by Crippen LogP contribution is -2.33. The number of anilines is 2. The molecule has 1 atom stereocenters. The molecule has 2 aromatic rings. The quantitative estimate of drug-likeness (QED) is 0.894. The van der Waals surface area contributed by atoms with Crippen LogP contribution in [0.5, 0.6) is 5.75 Å². The zero-order valence-electron chi connectivity index (χ0n) is 11.9. The van der Waals surface area contributed by atoms with Crippen LogP contribution in [0.4, 0.5) is 11.6 Å². The fourth-order valence-corrected chi connectivity index (χ4v) is 2.18. The van der Waals surface area contributed by atoms with E-state index in [1.807, 2.05) is 12.1 Å². The second kappa shape index (κ2) is 6.51. The molecule has 6 nitrogen and oxygen atoms in total. The average molecular weight is 286 g/mol. The highest BCUT2D eigenvalue weighted by molar-refractivity contribution is 5.53. The van der Waals surface area contributed by atoms with Gasteiger partial charge in [0.25, 0.3) is 0 Å². The second-order valence-corrected chi connectivity index (χ2v) is 4.76. The van der Waals surface area contributed by atoms with Crippen molar-refractivity contribution in [3.8, 4) is 5.75 Å². The summed E-state index contributed by atoms with van der Waals surface area (Å²) in [7, 11) is 1.59. The maximum atomic E-state index is 5.73. The summed E-state index contributed by atoms with van der Waals surface area (Å²) in [6, 6.07) is 8.12. The molecule has 0 spiro atoms. The summed E-state index contributed by atoms with van der Waals surface area (Å²) < 4.78 is 10.8. The molecule has 1 aromatic carbocycles. The van der Waals surface area contributed by atoms with Gasteiger partial charge in [-0.3, -0.25) is 0 Å². The highest BCUT2D eigenvalue weighted by Crippen LogP contribution is 2.22. The van der Waals surface area contributed by atoms with E-state index in [0.717, 1.165) is 25.4 Å². The van der Waals surface area contributed by atoms with Gasteiger partial charge in [0.15, 0.2) is 5.75 Å². The molecule has 110 valence electrons. The number of rotatable bonds is 4. The van der Waals surface area contributed by atoms with Gasteiger partial charge in [-0.25, -0.2) is 9.97 Å². The molecule has 0 saturated carbocycles. The molecule has 1 saturated heterocycles. The van der Waals surface area contributed by atoms with E-state index in [4.69, 9.17) is 9.47 Å². The van der Waals surface area contributed by atoms with Gasteiger partial charge in [0.2, 0.25) is 5.95 Å². The van der Waals surface area contributed by atoms with E-state index in [9.17, 15) is 0 Å². The van der Waals surface area contributed by atoms with Crippen LogP contribution < -0.4 is 15.4 Å². The molecule has 6 heteroatoms. The first kappa shape index (κ1) is 13.8. The predicted molar refractivity (Wildman–Crippen MR) is 79.9 cm³/mol. The van der Waals surface area contributed by atoms with E-state index in [2.05, 4.69) is 32.7 Å². The first-order chi connectivity index (χ1) is 10.3. The number of hydrogen-bond acceptors (Lipinski definition) is 6. The fraction of sp³-hybridized carbons (Fsp3) is 0.333. The minimum atomic E-state index is 0.130. The predicted octanol–water partition coefficient (Wildman–Crippen LogP) is 1.89. The van der Waals surface area contributed by atoms with Gasteiger partial charge in [-0.05, 0) is 17.7 Å². The minimum Gasteiger partial charge on any atom is -0.494 e. The number of ether oxygens (including phenoxy) is 2. The van der Waals surface area contributed by atoms with Crippen LogP contribution in [0.3, 0.4) is 0 Å². The first-order valence-electron chi connectivity index (χ1n) is 6.90. The Balaban J connectivity index is 1.65. The SMILES string of the molecule is COc1cnc(Nc2ccc([C@H]3CNCCO3)cc2)nc1. The van der Waals surface area contributed by atoms with E-state index in [-0.39, 0.29) is 6.10 Å². The molecule has 2 N–H and O–H groups in total. The molecular formula is C15H18N4O2. The van der Waals surface area contributed by atoms with E-state index in [0.29, 0.717) is 11.7 Å². The van der Waals surface area contributed by atoms with Crippen LogP contribution in [0.1, 0.15) is 11.7 Å². The highest BCUT2D eigenvalue weighted by atomic mass is 16.5. The third-order valence-corrected chi connectivity index (χ3v) is 3.33. The van der Waals surface area contributed by atoms with E-state index in [1.54, 1.807) is 19.5 Å². The van der Waals surface area contributed by atoms with Crippen molar-refractivity contribution in [3.63, 3.8) is 0 Å². The Kier molecular flexibility index (Phi) is 4.28. The summed E-state index contributed by atoms with van der Waals surface area (Å²) in [5.74, 6) is 1.18. The smallest absolute Gasteiger partial charge is 0.227 e. The van der Waals surface area contributed by atoms with Crippen LogP contribution in [0, 0.1) is 0 Å². The summed E-state index contributed by atoms with van der Waals surface area (Å²) in [4.78, 5) is 8.35. The summed E-state index contributed by atoms with van der Waals surface area (Å²) >= 11 is 0. The minimum absolute atomic E-state index is 0.130. The van der Waals surface area contributed by atoms with Crippen molar-refractivity contribution in [1.29, 1.82) is 0 Å². The third kappa shape index (κ3) is 3.48. The molecule has 1 aliphatic heterocycles. The van der Waals surface area contributed by atoms with Gasteiger partial charge in [-0.15, -0.1) is 0 Å². The lowest BCUT2D eigenvalue weighted by Gasteiger charge is -2.24. The topological polar surface area (TPSA) is 68.3 Å². The highest BCUT2D eigenvalue weighted by Gasteiger charge is 2.15. The second-order valence-electron chi connectivity index (χ2n) is 4.76. The molecule has 0 aliphatic carbocycles. The van der Waals surface area contributed by atoms with Crippen molar-refractivity contribution in [3.05, 3.63) is 42.2 Å². The Bertz CT molecular complexity index is 565. The van der Waals surface area contributed by atoms with Crippen molar-refractivity contribution < 1.29 is 9.47 Å². The van der Waals surface area contributed by atoms with Gasteiger partial charge < -0.3 is 20.1 Å². The van der Waals surface area contributed by atoms with Gasteiger partial charge in [-0.2, -0.15) is 0 Å². The fourth-order valence-electron chi connectivity index (χ4n) is 2.18. The number of morpholine rings is 1. The Morgan fingerprint density at radius 2 is 2.00 bits per heavy atom. The van der Waals surface area contributed by atoms with Crippen LogP contribution in [0.2, 0.25) is 0 Å². The molecule has 3 rings (SSSR count). The molecule has 21 heavy (non-hydrogen) atoms. The molecule has 1 aliphatic rings. The van der Waals surface area contributed by atoms with Crippen LogP contribution >= 0.6 is 0 Å². The molecule has 0 amide bonds. The first-order valence-corrected chi connectivity index (χ1v) is 6.90. The summed E-state index contributed by atoms with van der Waals surface area (Å²) in [5, 5.41) is 6.48. The van der Waals surface area contributed by atoms with Crippen molar-refractivity contribution in [2.45, 2.75) is 6.10 Å². The Morgan fingerprint density at radius 3 is 2.62 bits per heavy atom. The van der Waals surface area contributed by atoms with E-state index < -0.39 is 0 Å². The van der Waals surface area contributed by atoms with Crippen LogP contribution in [0.25, 0.3) is 0 Å². The third-order valence-electron chi connectivity index (χ3n) is 3.33. The molecule has 1 fully saturated rings. The zero-order valence-corrected chi connectivity index (χ0v) is 11.9. The van der Waals surface area contributed by atoms with Crippen molar-refractivity contribution in [2.75, 3.05) is 32.1 Å². The summed E-state index contributed by atoms with van der Waals surface area (Å²) in [6.07, 6.45) is 3.39. The van der Waals surface area contributed by atoms with E-state index in [1.165, 1.54) is 5.56 Å². The summed E-state index contributed by atoms with van der Waals surface area (Å²) in [5.41, 5.74) is 2.11. The Labute approximate surface area is 123 Å². The monoisotopic (exact) mass is 286 g/mol.